The van der Waals surface area contributed by atoms with E-state index in [1.165, 1.54) is 0 Å². The molecule has 1 aliphatic heterocycles. The Kier molecular flexibility index (Phi) is 2.87. The second-order valence-electron chi connectivity index (χ2n) is 4.80. The number of nitrogens with two attached hydrogens (primary N) is 1. The van der Waals surface area contributed by atoms with Gasteiger partial charge in [-0.15, -0.1) is 0 Å². The Balaban J connectivity index is 1.80. The van der Waals surface area contributed by atoms with Crippen LogP contribution < -0.4 is 5.73 Å². The van der Waals surface area contributed by atoms with E-state index in [-0.39, 0.29) is 12.2 Å². The van der Waals surface area contributed by atoms with Crippen molar-refractivity contribution in [3.63, 3.8) is 0 Å². The maximum absolute atomic E-state index is 11.6. The molecule has 1 atom stereocenters. The number of aryl methyl sites for hydroxylation is 1. The zero-order valence-corrected chi connectivity index (χ0v) is 10.7. The van der Waals surface area contributed by atoms with Crippen LogP contribution in [0, 0.1) is 0 Å². The Morgan fingerprint density at radius 1 is 1.53 bits per heavy atom. The fourth-order valence-electron chi connectivity index (χ4n) is 2.33. The molecule has 6 nitrogen and oxygen atoms in total. The van der Waals surface area contributed by atoms with Gasteiger partial charge in [0.25, 0.3) is 0 Å². The van der Waals surface area contributed by atoms with E-state index >= 15 is 0 Å². The normalized spacial score (nSPS) is 19.2. The van der Waals surface area contributed by atoms with E-state index in [1.54, 1.807) is 11.2 Å². The quantitative estimate of drug-likeness (QED) is 0.888. The molecule has 2 N–H and O–H groups in total. The first-order chi connectivity index (χ1) is 9.17. The van der Waals surface area contributed by atoms with Gasteiger partial charge in [0.15, 0.2) is 0 Å². The van der Waals surface area contributed by atoms with Crippen LogP contribution in [0.4, 0.5) is 4.79 Å². The van der Waals surface area contributed by atoms with Crippen LogP contribution in [0.3, 0.4) is 0 Å². The van der Waals surface area contributed by atoms with E-state index in [4.69, 9.17) is 10.5 Å². The Morgan fingerprint density at radius 2 is 2.37 bits per heavy atom. The monoisotopic (exact) mass is 260 g/mol. The summed E-state index contributed by atoms with van der Waals surface area (Å²) >= 11 is 0. The van der Waals surface area contributed by atoms with Crippen molar-refractivity contribution in [2.75, 3.05) is 13.1 Å². The average molecular weight is 260 g/mol. The van der Waals surface area contributed by atoms with E-state index < -0.39 is 0 Å². The summed E-state index contributed by atoms with van der Waals surface area (Å²) in [5.74, 6) is 0. The molecule has 6 heteroatoms. The van der Waals surface area contributed by atoms with Crippen LogP contribution >= 0.6 is 0 Å². The van der Waals surface area contributed by atoms with Crippen molar-refractivity contribution in [3.05, 3.63) is 30.1 Å². The van der Waals surface area contributed by atoms with Gasteiger partial charge in [0.1, 0.15) is 6.10 Å². The van der Waals surface area contributed by atoms with Crippen LogP contribution in [0.5, 0.6) is 0 Å². The van der Waals surface area contributed by atoms with E-state index in [0.29, 0.717) is 19.6 Å². The molecule has 0 saturated carbocycles. The zero-order valence-electron chi connectivity index (χ0n) is 10.7. The van der Waals surface area contributed by atoms with Crippen LogP contribution in [-0.2, 0) is 18.3 Å². The lowest BCUT2D eigenvalue weighted by Gasteiger charge is -2.12. The number of aromatic nitrogens is 2. The molecule has 1 aromatic carbocycles. The number of benzene rings is 1. The summed E-state index contributed by atoms with van der Waals surface area (Å²) < 4.78 is 7.10. The smallest absolute Gasteiger partial charge is 0.410 e. The molecule has 0 bridgehead atoms. The summed E-state index contributed by atoms with van der Waals surface area (Å²) in [5.41, 5.74) is 8.56. The standard InChI is InChI=1S/C13H16N4O2/c1-16-8-15-11-4-9(2-3-12(11)16)6-17-7-10(5-14)19-13(17)18/h2-4,8,10H,5-7,14H2,1H3. The average Bonchev–Trinajstić information content (AvgIpc) is 2.94. The molecule has 100 valence electrons. The van der Waals surface area contributed by atoms with Gasteiger partial charge in [0.2, 0.25) is 0 Å². The molecule has 0 spiro atoms. The van der Waals surface area contributed by atoms with Crippen LogP contribution in [-0.4, -0.2) is 39.7 Å². The topological polar surface area (TPSA) is 73.4 Å². The lowest BCUT2D eigenvalue weighted by atomic mass is 10.2. The molecule has 2 aromatic rings. The molecule has 1 saturated heterocycles. The molecule has 1 aromatic heterocycles. The van der Waals surface area contributed by atoms with Crippen LogP contribution in [0.15, 0.2) is 24.5 Å². The third kappa shape index (κ3) is 2.15. The number of ether oxygens (including phenoxy) is 1. The van der Waals surface area contributed by atoms with E-state index in [9.17, 15) is 4.79 Å². The van der Waals surface area contributed by atoms with E-state index in [2.05, 4.69) is 4.98 Å². The zero-order chi connectivity index (χ0) is 13.4. The number of nitrogens with zero attached hydrogens (tertiary/aromatic N) is 3. The fraction of sp³-hybridized carbons (Fsp3) is 0.385. The van der Waals surface area contributed by atoms with Gasteiger partial charge in [-0.25, -0.2) is 9.78 Å². The molecule has 0 aliphatic carbocycles. The number of rotatable bonds is 3. The first-order valence-electron chi connectivity index (χ1n) is 6.23. The second kappa shape index (κ2) is 4.55. The molecular weight excluding hydrogens is 244 g/mol. The van der Waals surface area contributed by atoms with E-state index in [1.807, 2.05) is 29.8 Å². The maximum Gasteiger partial charge on any atom is 0.410 e. The molecule has 1 unspecified atom stereocenters. The van der Waals surface area contributed by atoms with Crippen LogP contribution in [0.25, 0.3) is 11.0 Å². The Hall–Kier alpha value is -2.08. The summed E-state index contributed by atoms with van der Waals surface area (Å²) in [4.78, 5) is 17.6. The van der Waals surface area contributed by atoms with Crippen molar-refractivity contribution in [2.24, 2.45) is 12.8 Å². The van der Waals surface area contributed by atoms with Gasteiger partial charge in [-0.1, -0.05) is 6.07 Å². The molecule has 1 amide bonds. The lowest BCUT2D eigenvalue weighted by molar-refractivity contribution is 0.134. The maximum atomic E-state index is 11.6. The summed E-state index contributed by atoms with van der Waals surface area (Å²) in [6.07, 6.45) is 1.30. The highest BCUT2D eigenvalue weighted by atomic mass is 16.6. The van der Waals surface area contributed by atoms with Gasteiger partial charge in [0.05, 0.1) is 23.9 Å². The third-order valence-electron chi connectivity index (χ3n) is 3.38. The van der Waals surface area contributed by atoms with Gasteiger partial charge < -0.3 is 19.9 Å². The van der Waals surface area contributed by atoms with Crippen molar-refractivity contribution in [3.8, 4) is 0 Å². The number of fused-ring (bicyclic) bond motifs is 1. The number of imidazole rings is 1. The van der Waals surface area contributed by atoms with E-state index in [0.717, 1.165) is 16.6 Å². The molecule has 19 heavy (non-hydrogen) atoms. The minimum atomic E-state index is -0.295. The number of amides is 1. The minimum Gasteiger partial charge on any atom is -0.443 e. The number of carbonyl (C=O) groups is 1. The highest BCUT2D eigenvalue weighted by Crippen LogP contribution is 2.18. The molecular formula is C13H16N4O2. The molecule has 3 rings (SSSR count). The minimum absolute atomic E-state index is 0.189. The van der Waals surface area contributed by atoms with Crippen molar-refractivity contribution in [1.82, 2.24) is 14.5 Å². The van der Waals surface area contributed by atoms with Gasteiger partial charge in [-0.3, -0.25) is 0 Å². The molecule has 2 heterocycles. The van der Waals surface area contributed by atoms with Crippen LogP contribution in [0.2, 0.25) is 0 Å². The van der Waals surface area contributed by atoms with Crippen molar-refractivity contribution >= 4 is 17.1 Å². The van der Waals surface area contributed by atoms with Crippen molar-refractivity contribution < 1.29 is 9.53 Å². The van der Waals surface area contributed by atoms with Gasteiger partial charge in [0, 0.05) is 20.1 Å². The fourth-order valence-corrected chi connectivity index (χ4v) is 2.33. The second-order valence-corrected chi connectivity index (χ2v) is 4.80. The first kappa shape index (κ1) is 12.0. The van der Waals surface area contributed by atoms with Crippen LogP contribution in [0.1, 0.15) is 5.56 Å². The predicted molar refractivity (Wildman–Crippen MR) is 70.4 cm³/mol. The Morgan fingerprint density at radius 3 is 3.11 bits per heavy atom. The summed E-state index contributed by atoms with van der Waals surface area (Å²) in [5, 5.41) is 0. The third-order valence-corrected chi connectivity index (χ3v) is 3.38. The molecule has 1 fully saturated rings. The first-order valence-corrected chi connectivity index (χ1v) is 6.23. The summed E-state index contributed by atoms with van der Waals surface area (Å²) in [6.45, 7) is 1.44. The van der Waals surface area contributed by atoms with Crippen molar-refractivity contribution in [1.29, 1.82) is 0 Å². The highest BCUT2D eigenvalue weighted by molar-refractivity contribution is 5.76. The van der Waals surface area contributed by atoms with Gasteiger partial charge >= 0.3 is 6.09 Å². The largest absolute Gasteiger partial charge is 0.443 e. The summed E-state index contributed by atoms with van der Waals surface area (Å²) in [6, 6.07) is 6.02. The SMILES string of the molecule is Cn1cnc2cc(CN3CC(CN)OC3=O)ccc21. The number of cyclic esters (lactones) is 1. The molecule has 1 aliphatic rings. The summed E-state index contributed by atoms with van der Waals surface area (Å²) in [7, 11) is 1.96. The Bertz CT molecular complexity index is 622. The predicted octanol–water partition coefficient (Wildman–Crippen LogP) is 0.853. The van der Waals surface area contributed by atoms with Gasteiger partial charge in [-0.2, -0.15) is 0 Å². The highest BCUT2D eigenvalue weighted by Gasteiger charge is 2.30. The Labute approximate surface area is 110 Å². The van der Waals surface area contributed by atoms with Gasteiger partial charge in [-0.05, 0) is 17.7 Å². The number of hydrogen-bond acceptors (Lipinski definition) is 4. The lowest BCUT2D eigenvalue weighted by Crippen LogP contribution is -2.27. The van der Waals surface area contributed by atoms with Crippen molar-refractivity contribution in [2.45, 2.75) is 12.6 Å². The number of hydrogen-bond donors (Lipinski definition) is 1. The molecule has 0 radical (unpaired) electrons. The number of carbonyl (C=O) groups excluding carboxylic acids is 1.